The number of aliphatic hydroxyl groups is 1. The summed E-state index contributed by atoms with van der Waals surface area (Å²) in [4.78, 5) is 13.6. The molecule has 4 nitrogen and oxygen atoms in total. The van der Waals surface area contributed by atoms with Crippen LogP contribution in [0.5, 0.6) is 0 Å². The highest BCUT2D eigenvalue weighted by Crippen LogP contribution is 2.15. The van der Waals surface area contributed by atoms with E-state index in [1.807, 2.05) is 4.90 Å². The van der Waals surface area contributed by atoms with Gasteiger partial charge in [-0.25, -0.2) is 0 Å². The van der Waals surface area contributed by atoms with Gasteiger partial charge in [0.15, 0.2) is 0 Å². The zero-order chi connectivity index (χ0) is 11.1. The van der Waals surface area contributed by atoms with Gasteiger partial charge in [0.2, 0.25) is 5.91 Å². The van der Waals surface area contributed by atoms with Crippen molar-refractivity contribution in [2.24, 2.45) is 5.92 Å². The highest BCUT2D eigenvalue weighted by molar-refractivity contribution is 5.78. The Hall–Kier alpha value is -0.610. The fraction of sp³-hybridized carbons (Fsp3) is 0.909. The van der Waals surface area contributed by atoms with Crippen molar-refractivity contribution in [2.45, 2.75) is 26.2 Å². The van der Waals surface area contributed by atoms with Crippen LogP contribution in [-0.2, 0) is 4.79 Å². The molecule has 88 valence electrons. The number of hydrogen-bond acceptors (Lipinski definition) is 3. The first-order valence-corrected chi connectivity index (χ1v) is 5.87. The van der Waals surface area contributed by atoms with Crippen LogP contribution >= 0.6 is 0 Å². The van der Waals surface area contributed by atoms with Gasteiger partial charge >= 0.3 is 0 Å². The molecule has 4 heteroatoms. The molecule has 0 bridgehead atoms. The SMILES string of the molecule is CCCNCC(=O)N1CCCC(CO)C1. The average Bonchev–Trinajstić information content (AvgIpc) is 2.29. The highest BCUT2D eigenvalue weighted by atomic mass is 16.3. The Morgan fingerprint density at radius 1 is 1.60 bits per heavy atom. The van der Waals surface area contributed by atoms with Crippen LogP contribution in [0.3, 0.4) is 0 Å². The molecule has 1 fully saturated rings. The lowest BCUT2D eigenvalue weighted by molar-refractivity contribution is -0.132. The number of nitrogens with one attached hydrogen (secondary N) is 1. The lowest BCUT2D eigenvalue weighted by Gasteiger charge is -2.31. The van der Waals surface area contributed by atoms with E-state index in [1.54, 1.807) is 0 Å². The summed E-state index contributed by atoms with van der Waals surface area (Å²) in [5.74, 6) is 0.454. The number of aliphatic hydroxyl groups excluding tert-OH is 1. The number of carbonyl (C=O) groups is 1. The van der Waals surface area contributed by atoms with Crippen molar-refractivity contribution in [3.8, 4) is 0 Å². The number of rotatable bonds is 5. The first-order chi connectivity index (χ1) is 7.27. The Balaban J connectivity index is 2.25. The van der Waals surface area contributed by atoms with E-state index in [0.29, 0.717) is 6.54 Å². The predicted molar refractivity (Wildman–Crippen MR) is 59.6 cm³/mol. The minimum Gasteiger partial charge on any atom is -0.396 e. The molecule has 1 aliphatic heterocycles. The largest absolute Gasteiger partial charge is 0.396 e. The van der Waals surface area contributed by atoms with Crippen LogP contribution in [0.25, 0.3) is 0 Å². The number of hydrogen-bond donors (Lipinski definition) is 2. The van der Waals surface area contributed by atoms with E-state index in [-0.39, 0.29) is 18.4 Å². The molecule has 0 radical (unpaired) electrons. The summed E-state index contributed by atoms with van der Waals surface area (Å²) in [6.45, 7) is 5.19. The number of likely N-dealkylation sites (tertiary alicyclic amines) is 1. The molecular weight excluding hydrogens is 192 g/mol. The molecule has 0 spiro atoms. The molecule has 1 heterocycles. The van der Waals surface area contributed by atoms with E-state index in [9.17, 15) is 4.79 Å². The monoisotopic (exact) mass is 214 g/mol. The van der Waals surface area contributed by atoms with E-state index in [2.05, 4.69) is 12.2 Å². The third-order valence-corrected chi connectivity index (χ3v) is 2.83. The quantitative estimate of drug-likeness (QED) is 0.644. The minimum atomic E-state index is 0.168. The third kappa shape index (κ3) is 4.18. The zero-order valence-corrected chi connectivity index (χ0v) is 9.54. The molecule has 0 saturated carbocycles. The number of nitrogens with zero attached hydrogens (tertiary/aromatic N) is 1. The molecule has 0 aromatic heterocycles. The second-order valence-electron chi connectivity index (χ2n) is 4.21. The predicted octanol–water partition coefficient (Wildman–Crippen LogP) is 0.217. The lowest BCUT2D eigenvalue weighted by atomic mass is 9.99. The maximum atomic E-state index is 11.7. The molecule has 0 aliphatic carbocycles. The first kappa shape index (κ1) is 12.5. The minimum absolute atomic E-state index is 0.168. The van der Waals surface area contributed by atoms with Gasteiger partial charge in [-0.15, -0.1) is 0 Å². The summed E-state index contributed by atoms with van der Waals surface area (Å²) < 4.78 is 0. The molecule has 15 heavy (non-hydrogen) atoms. The fourth-order valence-electron chi connectivity index (χ4n) is 1.92. The number of carbonyl (C=O) groups excluding carboxylic acids is 1. The summed E-state index contributed by atoms with van der Waals surface area (Å²) in [6, 6.07) is 0. The maximum absolute atomic E-state index is 11.7. The molecule has 0 aromatic carbocycles. The van der Waals surface area contributed by atoms with E-state index in [0.717, 1.165) is 38.9 Å². The summed E-state index contributed by atoms with van der Waals surface area (Å²) in [5, 5.41) is 12.2. The normalized spacial score (nSPS) is 21.7. The van der Waals surface area contributed by atoms with Crippen LogP contribution in [0.4, 0.5) is 0 Å². The van der Waals surface area contributed by atoms with Gasteiger partial charge in [0.25, 0.3) is 0 Å². The van der Waals surface area contributed by atoms with Crippen LogP contribution in [-0.4, -0.2) is 48.7 Å². The smallest absolute Gasteiger partial charge is 0.236 e. The van der Waals surface area contributed by atoms with Gasteiger partial charge < -0.3 is 15.3 Å². The fourth-order valence-corrected chi connectivity index (χ4v) is 1.92. The molecule has 1 amide bonds. The Morgan fingerprint density at radius 2 is 2.40 bits per heavy atom. The average molecular weight is 214 g/mol. The second kappa shape index (κ2) is 6.80. The molecule has 1 unspecified atom stereocenters. The van der Waals surface area contributed by atoms with Crippen molar-refractivity contribution in [3.63, 3.8) is 0 Å². The Bertz CT molecular complexity index is 197. The van der Waals surface area contributed by atoms with Gasteiger partial charge in [0, 0.05) is 19.7 Å². The Morgan fingerprint density at radius 3 is 3.07 bits per heavy atom. The zero-order valence-electron chi connectivity index (χ0n) is 9.54. The topological polar surface area (TPSA) is 52.6 Å². The lowest BCUT2D eigenvalue weighted by Crippen LogP contribution is -2.44. The number of piperidine rings is 1. The van der Waals surface area contributed by atoms with Crippen LogP contribution in [0.2, 0.25) is 0 Å². The summed E-state index contributed by atoms with van der Waals surface area (Å²) in [6.07, 6.45) is 3.11. The van der Waals surface area contributed by atoms with Gasteiger partial charge in [-0.05, 0) is 31.7 Å². The second-order valence-corrected chi connectivity index (χ2v) is 4.21. The molecule has 1 atom stereocenters. The van der Waals surface area contributed by atoms with E-state index >= 15 is 0 Å². The third-order valence-electron chi connectivity index (χ3n) is 2.83. The van der Waals surface area contributed by atoms with Gasteiger partial charge in [-0.2, -0.15) is 0 Å². The standard InChI is InChI=1S/C11H22N2O2/c1-2-5-12-7-11(15)13-6-3-4-10(8-13)9-14/h10,12,14H,2-9H2,1H3. The first-order valence-electron chi connectivity index (χ1n) is 5.87. The molecule has 1 saturated heterocycles. The summed E-state index contributed by atoms with van der Waals surface area (Å²) in [7, 11) is 0. The van der Waals surface area contributed by atoms with Crippen LogP contribution in [0, 0.1) is 5.92 Å². The van der Waals surface area contributed by atoms with Crippen molar-refractivity contribution in [2.75, 3.05) is 32.8 Å². The molecular formula is C11H22N2O2. The van der Waals surface area contributed by atoms with E-state index in [4.69, 9.17) is 5.11 Å². The van der Waals surface area contributed by atoms with Crippen LogP contribution in [0.1, 0.15) is 26.2 Å². The molecule has 2 N–H and O–H groups in total. The maximum Gasteiger partial charge on any atom is 0.236 e. The number of amides is 1. The van der Waals surface area contributed by atoms with Crippen LogP contribution in [0.15, 0.2) is 0 Å². The van der Waals surface area contributed by atoms with Crippen LogP contribution < -0.4 is 5.32 Å². The summed E-state index contributed by atoms with van der Waals surface area (Å²) in [5.41, 5.74) is 0. The molecule has 0 aromatic rings. The molecule has 1 rings (SSSR count). The van der Waals surface area contributed by atoms with Gasteiger partial charge in [0.05, 0.1) is 6.54 Å². The summed E-state index contributed by atoms with van der Waals surface area (Å²) >= 11 is 0. The highest BCUT2D eigenvalue weighted by Gasteiger charge is 2.22. The van der Waals surface area contributed by atoms with Crippen molar-refractivity contribution >= 4 is 5.91 Å². The van der Waals surface area contributed by atoms with E-state index in [1.165, 1.54) is 0 Å². The van der Waals surface area contributed by atoms with Gasteiger partial charge in [0.1, 0.15) is 0 Å². The van der Waals surface area contributed by atoms with Crippen molar-refractivity contribution in [3.05, 3.63) is 0 Å². The van der Waals surface area contributed by atoms with E-state index < -0.39 is 0 Å². The van der Waals surface area contributed by atoms with Crippen molar-refractivity contribution in [1.29, 1.82) is 0 Å². The van der Waals surface area contributed by atoms with Crippen molar-refractivity contribution in [1.82, 2.24) is 10.2 Å². The Kier molecular flexibility index (Phi) is 5.65. The van der Waals surface area contributed by atoms with Crippen molar-refractivity contribution < 1.29 is 9.90 Å². The molecule has 1 aliphatic rings. The Labute approximate surface area is 91.6 Å². The van der Waals surface area contributed by atoms with Gasteiger partial charge in [-0.1, -0.05) is 6.92 Å². The van der Waals surface area contributed by atoms with Gasteiger partial charge in [-0.3, -0.25) is 4.79 Å².